The quantitative estimate of drug-likeness (QED) is 0.459. The first-order valence-electron chi connectivity index (χ1n) is 3.79. The fourth-order valence-electron chi connectivity index (χ4n) is 0.841. The van der Waals surface area contributed by atoms with Crippen LogP contribution < -0.4 is 5.73 Å². The van der Waals surface area contributed by atoms with Gasteiger partial charge in [-0.3, -0.25) is 0 Å². The van der Waals surface area contributed by atoms with Crippen molar-refractivity contribution in [1.29, 1.82) is 5.26 Å². The average Bonchev–Trinajstić information content (AvgIpc) is 2.09. The molecule has 0 bridgehead atoms. The van der Waals surface area contributed by atoms with Crippen LogP contribution in [-0.4, -0.2) is 5.75 Å². The Morgan fingerprint density at radius 2 is 2.31 bits per heavy atom. The minimum atomic E-state index is -0.317. The van der Waals surface area contributed by atoms with E-state index in [1.165, 1.54) is 17.8 Å². The number of hydrogen-bond acceptors (Lipinski definition) is 3. The smallest absolute Gasteiger partial charge is 0.138 e. The first-order valence-corrected chi connectivity index (χ1v) is 4.77. The summed E-state index contributed by atoms with van der Waals surface area (Å²) in [5.74, 6) is 0.292. The van der Waals surface area contributed by atoms with Gasteiger partial charge in [-0.2, -0.15) is 5.26 Å². The summed E-state index contributed by atoms with van der Waals surface area (Å²) in [6.45, 7) is 0. The largest absolute Gasteiger partial charge is 0.399 e. The predicted molar refractivity (Wildman–Crippen MR) is 51.8 cm³/mol. The molecule has 68 valence electrons. The van der Waals surface area contributed by atoms with E-state index in [-0.39, 0.29) is 5.82 Å². The lowest BCUT2D eigenvalue weighted by Crippen LogP contribution is -1.88. The van der Waals surface area contributed by atoms with Crippen molar-refractivity contribution in [3.8, 4) is 6.07 Å². The van der Waals surface area contributed by atoms with Crippen LogP contribution in [0, 0.1) is 17.1 Å². The van der Waals surface area contributed by atoms with Crippen LogP contribution in [0.5, 0.6) is 0 Å². The zero-order valence-corrected chi connectivity index (χ0v) is 7.77. The van der Waals surface area contributed by atoms with Crippen molar-refractivity contribution in [2.75, 3.05) is 11.5 Å². The Morgan fingerprint density at radius 1 is 1.54 bits per heavy atom. The van der Waals surface area contributed by atoms with Crippen LogP contribution in [0.1, 0.15) is 6.42 Å². The van der Waals surface area contributed by atoms with Crippen molar-refractivity contribution in [2.45, 2.75) is 11.3 Å². The number of nitrogen functional groups attached to an aromatic ring is 1. The Morgan fingerprint density at radius 3 is 2.92 bits per heavy atom. The molecule has 1 rings (SSSR count). The maximum absolute atomic E-state index is 13.1. The van der Waals surface area contributed by atoms with Gasteiger partial charge in [0.05, 0.1) is 6.07 Å². The highest BCUT2D eigenvalue weighted by Gasteiger charge is 2.01. The van der Waals surface area contributed by atoms with E-state index < -0.39 is 0 Å². The van der Waals surface area contributed by atoms with Crippen LogP contribution in [0.4, 0.5) is 10.1 Å². The number of benzene rings is 1. The standard InChI is InChI=1S/C9H9FN2S/c10-8-6-7(12)2-3-9(8)13-5-1-4-11/h2-3,6H,1,5,12H2. The third kappa shape index (κ3) is 2.96. The Kier molecular flexibility index (Phi) is 3.59. The van der Waals surface area contributed by atoms with Crippen molar-refractivity contribution in [3.05, 3.63) is 24.0 Å². The highest BCUT2D eigenvalue weighted by Crippen LogP contribution is 2.23. The fourth-order valence-corrected chi connectivity index (χ4v) is 1.62. The van der Waals surface area contributed by atoms with Crippen LogP contribution in [0.2, 0.25) is 0 Å². The minimum Gasteiger partial charge on any atom is -0.399 e. The molecular formula is C9H9FN2S. The van der Waals surface area contributed by atoms with Crippen LogP contribution in [-0.2, 0) is 0 Å². The Balaban J connectivity index is 2.62. The summed E-state index contributed by atoms with van der Waals surface area (Å²) in [4.78, 5) is 0.546. The Labute approximate surface area is 80.5 Å². The van der Waals surface area contributed by atoms with Gasteiger partial charge >= 0.3 is 0 Å². The SMILES string of the molecule is N#CCCSc1ccc(N)cc1F. The molecule has 1 aromatic carbocycles. The molecule has 0 radical (unpaired) electrons. The molecule has 0 saturated carbocycles. The van der Waals surface area contributed by atoms with Crippen LogP contribution in [0.3, 0.4) is 0 Å². The van der Waals surface area contributed by atoms with Crippen molar-refractivity contribution in [2.24, 2.45) is 0 Å². The monoisotopic (exact) mass is 196 g/mol. The molecule has 2 nitrogen and oxygen atoms in total. The second kappa shape index (κ2) is 4.73. The van der Waals surface area contributed by atoms with Crippen molar-refractivity contribution >= 4 is 17.4 Å². The molecule has 4 heteroatoms. The summed E-state index contributed by atoms with van der Waals surface area (Å²) in [5.41, 5.74) is 5.80. The van der Waals surface area contributed by atoms with E-state index >= 15 is 0 Å². The third-order valence-corrected chi connectivity index (χ3v) is 2.48. The van der Waals surface area contributed by atoms with Gasteiger partial charge in [0.1, 0.15) is 5.82 Å². The molecule has 0 aromatic heterocycles. The number of anilines is 1. The number of halogens is 1. The highest BCUT2D eigenvalue weighted by atomic mass is 32.2. The van der Waals surface area contributed by atoms with Gasteiger partial charge in [0.2, 0.25) is 0 Å². The molecule has 0 aliphatic heterocycles. The van der Waals surface area contributed by atoms with E-state index in [1.807, 2.05) is 6.07 Å². The van der Waals surface area contributed by atoms with Gasteiger partial charge in [-0.25, -0.2) is 4.39 Å². The molecule has 0 amide bonds. The number of nitrogens with zero attached hydrogens (tertiary/aromatic N) is 1. The molecule has 2 N–H and O–H groups in total. The average molecular weight is 196 g/mol. The van der Waals surface area contributed by atoms with E-state index in [4.69, 9.17) is 11.0 Å². The minimum absolute atomic E-state index is 0.317. The van der Waals surface area contributed by atoms with Crippen molar-refractivity contribution in [1.82, 2.24) is 0 Å². The van der Waals surface area contributed by atoms with Crippen molar-refractivity contribution < 1.29 is 4.39 Å². The summed E-state index contributed by atoms with van der Waals surface area (Å²) in [7, 11) is 0. The molecule has 0 atom stereocenters. The summed E-state index contributed by atoms with van der Waals surface area (Å²) in [6, 6.07) is 6.57. The van der Waals surface area contributed by atoms with E-state index in [0.717, 1.165) is 0 Å². The second-order valence-electron chi connectivity index (χ2n) is 2.45. The summed E-state index contributed by atoms with van der Waals surface area (Å²) >= 11 is 1.33. The molecule has 0 aliphatic carbocycles. The van der Waals surface area contributed by atoms with Gasteiger partial charge < -0.3 is 5.73 Å². The highest BCUT2D eigenvalue weighted by molar-refractivity contribution is 7.99. The number of nitriles is 1. The molecule has 0 saturated heterocycles. The van der Waals surface area contributed by atoms with Crippen LogP contribution in [0.15, 0.2) is 23.1 Å². The van der Waals surface area contributed by atoms with Crippen molar-refractivity contribution in [3.63, 3.8) is 0 Å². The number of thioether (sulfide) groups is 1. The molecule has 0 aliphatic rings. The third-order valence-electron chi connectivity index (χ3n) is 1.43. The van der Waals surface area contributed by atoms with E-state index in [2.05, 4.69) is 0 Å². The normalized spacial score (nSPS) is 9.54. The van der Waals surface area contributed by atoms with Crippen LogP contribution >= 0.6 is 11.8 Å². The maximum Gasteiger partial charge on any atom is 0.138 e. The van der Waals surface area contributed by atoms with Gasteiger partial charge in [-0.05, 0) is 18.2 Å². The van der Waals surface area contributed by atoms with Crippen LogP contribution in [0.25, 0.3) is 0 Å². The Hall–Kier alpha value is -1.21. The molecule has 0 heterocycles. The Bertz CT molecular complexity index is 333. The van der Waals surface area contributed by atoms with Gasteiger partial charge in [-0.1, -0.05) is 0 Å². The maximum atomic E-state index is 13.1. The van der Waals surface area contributed by atoms with Gasteiger partial charge in [0.25, 0.3) is 0 Å². The zero-order valence-electron chi connectivity index (χ0n) is 6.96. The molecular weight excluding hydrogens is 187 g/mol. The van der Waals surface area contributed by atoms with Gasteiger partial charge in [0.15, 0.2) is 0 Å². The lowest BCUT2D eigenvalue weighted by molar-refractivity contribution is 0.603. The summed E-state index contributed by atoms with van der Waals surface area (Å²) < 4.78 is 13.1. The van der Waals surface area contributed by atoms with E-state index in [1.54, 1.807) is 12.1 Å². The summed E-state index contributed by atoms with van der Waals surface area (Å²) in [6.07, 6.45) is 0.425. The second-order valence-corrected chi connectivity index (χ2v) is 3.58. The number of rotatable bonds is 3. The van der Waals surface area contributed by atoms with Gasteiger partial charge in [-0.15, -0.1) is 11.8 Å². The molecule has 0 unspecified atom stereocenters. The number of hydrogen-bond donors (Lipinski definition) is 1. The molecule has 0 spiro atoms. The topological polar surface area (TPSA) is 49.8 Å². The fraction of sp³-hybridized carbons (Fsp3) is 0.222. The summed E-state index contributed by atoms with van der Waals surface area (Å²) in [5, 5.41) is 8.28. The lowest BCUT2D eigenvalue weighted by Gasteiger charge is -2.01. The van der Waals surface area contributed by atoms with E-state index in [0.29, 0.717) is 22.8 Å². The molecule has 1 aromatic rings. The molecule has 13 heavy (non-hydrogen) atoms. The van der Waals surface area contributed by atoms with Gasteiger partial charge in [0, 0.05) is 22.8 Å². The molecule has 0 fully saturated rings. The number of nitrogens with two attached hydrogens (primary N) is 1. The predicted octanol–water partition coefficient (Wildman–Crippen LogP) is 2.41. The first-order chi connectivity index (χ1) is 6.24. The zero-order chi connectivity index (χ0) is 9.68. The first kappa shape index (κ1) is 9.87. The lowest BCUT2D eigenvalue weighted by atomic mass is 10.3. The van der Waals surface area contributed by atoms with E-state index in [9.17, 15) is 4.39 Å².